The Morgan fingerprint density at radius 3 is 2.50 bits per heavy atom. The molecule has 18 heavy (non-hydrogen) atoms. The Bertz CT molecular complexity index is 639. The Hall–Kier alpha value is -0.970. The quantitative estimate of drug-likeness (QED) is 0.764. The first-order chi connectivity index (χ1) is 8.34. The van der Waals surface area contributed by atoms with Crippen molar-refractivity contribution in [3.8, 4) is 16.6 Å². The third kappa shape index (κ3) is 2.28. The summed E-state index contributed by atoms with van der Waals surface area (Å²) < 4.78 is 38.3. The summed E-state index contributed by atoms with van der Waals surface area (Å²) in [5.74, 6) is 0. The zero-order valence-corrected chi connectivity index (χ0v) is 11.6. The second kappa shape index (κ2) is 4.61. The maximum atomic E-state index is 12.7. The molecule has 0 bridgehead atoms. The van der Waals surface area contributed by atoms with E-state index in [9.17, 15) is 13.2 Å². The molecule has 0 saturated carbocycles. The first-order valence-corrected chi connectivity index (χ1v) is 6.47. The van der Waals surface area contributed by atoms with Crippen molar-refractivity contribution in [2.45, 2.75) is 6.18 Å². The van der Waals surface area contributed by atoms with Crippen LogP contribution in [0.1, 0.15) is 11.3 Å². The van der Waals surface area contributed by atoms with Gasteiger partial charge in [0, 0.05) is 0 Å². The summed E-state index contributed by atoms with van der Waals surface area (Å²) in [5, 5.41) is 8.95. The van der Waals surface area contributed by atoms with Crippen molar-refractivity contribution in [2.75, 3.05) is 0 Å². The van der Waals surface area contributed by atoms with Crippen LogP contribution in [0.15, 0.2) is 16.6 Å². The molecule has 1 N–H and O–H groups in total. The number of nitrogens with one attached hydrogen (secondary N) is 1. The minimum absolute atomic E-state index is 0.0826. The summed E-state index contributed by atoms with van der Waals surface area (Å²) in [6.45, 7) is 0. The van der Waals surface area contributed by atoms with Crippen LogP contribution in [0, 0.1) is 11.3 Å². The predicted molar refractivity (Wildman–Crippen MR) is 66.5 cm³/mol. The van der Waals surface area contributed by atoms with Crippen molar-refractivity contribution >= 4 is 38.9 Å². The van der Waals surface area contributed by atoms with Gasteiger partial charge in [0.15, 0.2) is 0 Å². The lowest BCUT2D eigenvalue weighted by atomic mass is 10.2. The van der Waals surface area contributed by atoms with Gasteiger partial charge < -0.3 is 4.98 Å². The van der Waals surface area contributed by atoms with E-state index in [2.05, 4.69) is 20.9 Å². The van der Waals surface area contributed by atoms with Gasteiger partial charge in [0.1, 0.15) is 11.8 Å². The van der Waals surface area contributed by atoms with E-state index in [0.717, 1.165) is 11.3 Å². The van der Waals surface area contributed by atoms with Gasteiger partial charge in [-0.15, -0.1) is 11.3 Å². The predicted octanol–water partition coefficient (Wildman–Crippen LogP) is 5.05. The van der Waals surface area contributed by atoms with Gasteiger partial charge in [-0.3, -0.25) is 0 Å². The van der Waals surface area contributed by atoms with Gasteiger partial charge in [-0.25, -0.2) is 0 Å². The fourth-order valence-corrected chi connectivity index (χ4v) is 3.07. The largest absolute Gasteiger partial charge is 0.432 e. The molecule has 8 heteroatoms. The number of nitrogens with zero attached hydrogens (tertiary/aromatic N) is 1. The second-order valence-electron chi connectivity index (χ2n) is 3.28. The van der Waals surface area contributed by atoms with E-state index in [1.54, 1.807) is 18.2 Å². The maximum absolute atomic E-state index is 12.7. The number of hydrogen-bond acceptors (Lipinski definition) is 2. The van der Waals surface area contributed by atoms with E-state index < -0.39 is 11.9 Å². The minimum atomic E-state index is -4.55. The molecule has 2 aromatic rings. The third-order valence-corrected chi connectivity index (χ3v) is 4.20. The number of hydrogen-bond donors (Lipinski definition) is 1. The molecule has 2 aromatic heterocycles. The van der Waals surface area contributed by atoms with Crippen LogP contribution in [0.25, 0.3) is 10.6 Å². The zero-order chi connectivity index (χ0) is 13.5. The summed E-state index contributed by atoms with van der Waals surface area (Å²) in [7, 11) is 0. The standard InChI is InChI=1S/C10H3BrClF3N2S/c11-7-4(3-16)8(5-1-2-6(12)18-5)17-9(7)10(13,14)15/h1-2,17H. The Morgan fingerprint density at radius 2 is 2.06 bits per heavy atom. The third-order valence-electron chi connectivity index (χ3n) is 2.15. The molecular formula is C10H3BrClF3N2S. The highest BCUT2D eigenvalue weighted by Crippen LogP contribution is 2.42. The van der Waals surface area contributed by atoms with Crippen LogP contribution in [0.4, 0.5) is 13.2 Å². The molecule has 0 aromatic carbocycles. The first kappa shape index (κ1) is 13.5. The fourth-order valence-electron chi connectivity index (χ4n) is 1.41. The molecule has 0 radical (unpaired) electrons. The Kier molecular flexibility index (Phi) is 3.45. The molecule has 0 aliphatic rings. The number of rotatable bonds is 1. The van der Waals surface area contributed by atoms with E-state index in [1.165, 1.54) is 0 Å². The van der Waals surface area contributed by atoms with E-state index in [0.29, 0.717) is 9.21 Å². The minimum Gasteiger partial charge on any atom is -0.348 e. The number of H-pyrrole nitrogens is 1. The Balaban J connectivity index is 2.66. The fraction of sp³-hybridized carbons (Fsp3) is 0.100. The van der Waals surface area contributed by atoms with E-state index in [-0.39, 0.29) is 15.7 Å². The SMILES string of the molecule is N#Cc1c(-c2ccc(Cl)s2)[nH]c(C(F)(F)F)c1Br. The first-order valence-electron chi connectivity index (χ1n) is 4.49. The number of alkyl halides is 3. The molecule has 0 saturated heterocycles. The van der Waals surface area contributed by atoms with Crippen LogP contribution < -0.4 is 0 Å². The van der Waals surface area contributed by atoms with Gasteiger partial charge in [-0.2, -0.15) is 18.4 Å². The van der Waals surface area contributed by atoms with Crippen molar-refractivity contribution in [1.82, 2.24) is 4.98 Å². The molecule has 2 nitrogen and oxygen atoms in total. The number of aromatic amines is 1. The molecule has 2 heterocycles. The number of thiophene rings is 1. The van der Waals surface area contributed by atoms with Gasteiger partial charge in [-0.1, -0.05) is 11.6 Å². The lowest BCUT2D eigenvalue weighted by Gasteiger charge is -2.03. The van der Waals surface area contributed by atoms with Crippen LogP contribution in [0.2, 0.25) is 4.34 Å². The monoisotopic (exact) mass is 354 g/mol. The maximum Gasteiger partial charge on any atom is 0.432 e. The summed E-state index contributed by atoms with van der Waals surface area (Å²) in [6, 6.07) is 4.87. The molecule has 0 unspecified atom stereocenters. The van der Waals surface area contributed by atoms with E-state index >= 15 is 0 Å². The molecule has 0 fully saturated rings. The second-order valence-corrected chi connectivity index (χ2v) is 5.79. The highest BCUT2D eigenvalue weighted by Gasteiger charge is 2.37. The van der Waals surface area contributed by atoms with Gasteiger partial charge in [-0.05, 0) is 28.1 Å². The molecule has 0 spiro atoms. The van der Waals surface area contributed by atoms with Crippen LogP contribution in [-0.4, -0.2) is 4.98 Å². The van der Waals surface area contributed by atoms with Crippen LogP contribution in [0.5, 0.6) is 0 Å². The molecule has 0 amide bonds. The molecule has 0 atom stereocenters. The Morgan fingerprint density at radius 1 is 1.39 bits per heavy atom. The Labute approximate surface area is 117 Å². The van der Waals surface area contributed by atoms with Crippen LogP contribution in [-0.2, 0) is 6.18 Å². The molecule has 2 rings (SSSR count). The van der Waals surface area contributed by atoms with Gasteiger partial charge in [0.05, 0.1) is 24.9 Å². The molecular weight excluding hydrogens is 353 g/mol. The number of nitriles is 1. The normalized spacial score (nSPS) is 11.6. The van der Waals surface area contributed by atoms with Crippen molar-refractivity contribution in [2.24, 2.45) is 0 Å². The summed E-state index contributed by atoms with van der Waals surface area (Å²) in [5.41, 5.74) is -0.937. The molecule has 0 aliphatic heterocycles. The number of halogens is 5. The van der Waals surface area contributed by atoms with Gasteiger partial charge in [0.2, 0.25) is 0 Å². The summed E-state index contributed by atoms with van der Waals surface area (Å²) in [4.78, 5) is 2.71. The topological polar surface area (TPSA) is 39.6 Å². The van der Waals surface area contributed by atoms with E-state index in [4.69, 9.17) is 16.9 Å². The van der Waals surface area contributed by atoms with Crippen LogP contribution >= 0.6 is 38.9 Å². The summed E-state index contributed by atoms with van der Waals surface area (Å²) in [6.07, 6.45) is -4.55. The van der Waals surface area contributed by atoms with Gasteiger partial charge >= 0.3 is 6.18 Å². The van der Waals surface area contributed by atoms with Crippen molar-refractivity contribution in [3.05, 3.63) is 32.2 Å². The smallest absolute Gasteiger partial charge is 0.348 e. The highest BCUT2D eigenvalue weighted by atomic mass is 79.9. The highest BCUT2D eigenvalue weighted by molar-refractivity contribution is 9.10. The van der Waals surface area contributed by atoms with Crippen molar-refractivity contribution in [1.29, 1.82) is 5.26 Å². The summed E-state index contributed by atoms with van der Waals surface area (Å²) >= 11 is 9.63. The van der Waals surface area contributed by atoms with Crippen molar-refractivity contribution in [3.63, 3.8) is 0 Å². The van der Waals surface area contributed by atoms with Gasteiger partial charge in [0.25, 0.3) is 0 Å². The lowest BCUT2D eigenvalue weighted by Crippen LogP contribution is -2.06. The zero-order valence-electron chi connectivity index (χ0n) is 8.40. The van der Waals surface area contributed by atoms with E-state index in [1.807, 2.05) is 0 Å². The molecule has 0 aliphatic carbocycles. The van der Waals surface area contributed by atoms with Crippen LogP contribution in [0.3, 0.4) is 0 Å². The molecule has 94 valence electrons. The van der Waals surface area contributed by atoms with Crippen molar-refractivity contribution < 1.29 is 13.2 Å². The average molecular weight is 356 g/mol. The number of aromatic nitrogens is 1. The lowest BCUT2D eigenvalue weighted by molar-refractivity contribution is -0.141. The average Bonchev–Trinajstić information content (AvgIpc) is 2.81.